The lowest BCUT2D eigenvalue weighted by atomic mass is 9.91. The lowest BCUT2D eigenvalue weighted by Crippen LogP contribution is -2.19. The summed E-state index contributed by atoms with van der Waals surface area (Å²) in [4.78, 5) is 0. The Balaban J connectivity index is 1.74. The standard InChI is InChI=1S/C17H14F4N2O/c18-13-5-1-11(2-6-13)15-9-22-23-16(15)12-3-7-14(8-4-12)24-10-17(19,20)21/h1-8,15,22H,9-10H2. The fourth-order valence-corrected chi connectivity index (χ4v) is 2.52. The molecule has 1 aliphatic heterocycles. The predicted octanol–water partition coefficient (Wildman–Crippen LogP) is 3.86. The fraction of sp³-hybridized carbons (Fsp3) is 0.235. The smallest absolute Gasteiger partial charge is 0.422 e. The van der Waals surface area contributed by atoms with Crippen molar-refractivity contribution in [1.29, 1.82) is 0 Å². The second-order valence-corrected chi connectivity index (χ2v) is 5.39. The third kappa shape index (κ3) is 3.84. The van der Waals surface area contributed by atoms with Crippen molar-refractivity contribution >= 4 is 5.71 Å². The van der Waals surface area contributed by atoms with Gasteiger partial charge in [-0.15, -0.1) is 0 Å². The number of hydrogen-bond donors (Lipinski definition) is 1. The van der Waals surface area contributed by atoms with Crippen LogP contribution < -0.4 is 10.2 Å². The van der Waals surface area contributed by atoms with Crippen molar-refractivity contribution in [2.75, 3.05) is 13.2 Å². The van der Waals surface area contributed by atoms with Gasteiger partial charge in [0.1, 0.15) is 11.6 Å². The van der Waals surface area contributed by atoms with Crippen molar-refractivity contribution in [3.8, 4) is 5.75 Å². The van der Waals surface area contributed by atoms with Crippen LogP contribution >= 0.6 is 0 Å². The molecule has 3 rings (SSSR count). The molecule has 1 unspecified atom stereocenters. The van der Waals surface area contributed by atoms with Crippen LogP contribution in [0.3, 0.4) is 0 Å². The molecule has 1 N–H and O–H groups in total. The average molecular weight is 338 g/mol. The summed E-state index contributed by atoms with van der Waals surface area (Å²) in [5, 5.41) is 4.25. The molecule has 0 fully saturated rings. The van der Waals surface area contributed by atoms with Crippen LogP contribution in [0.5, 0.6) is 5.75 Å². The Hall–Kier alpha value is -2.57. The summed E-state index contributed by atoms with van der Waals surface area (Å²) in [5.74, 6) is -0.220. The molecular weight excluding hydrogens is 324 g/mol. The molecule has 0 radical (unpaired) electrons. The maximum absolute atomic E-state index is 13.1. The first-order chi connectivity index (χ1) is 11.4. The van der Waals surface area contributed by atoms with Crippen LogP contribution in [-0.4, -0.2) is 25.0 Å². The van der Waals surface area contributed by atoms with Crippen molar-refractivity contribution in [1.82, 2.24) is 5.43 Å². The molecule has 1 heterocycles. The fourth-order valence-electron chi connectivity index (χ4n) is 2.52. The molecule has 0 saturated heterocycles. The van der Waals surface area contributed by atoms with Gasteiger partial charge in [0, 0.05) is 12.5 Å². The Labute approximate surface area is 135 Å². The Morgan fingerprint density at radius 3 is 2.33 bits per heavy atom. The van der Waals surface area contributed by atoms with Gasteiger partial charge in [-0.3, -0.25) is 0 Å². The molecule has 24 heavy (non-hydrogen) atoms. The number of nitrogens with one attached hydrogen (secondary N) is 1. The average Bonchev–Trinajstić information content (AvgIpc) is 3.03. The van der Waals surface area contributed by atoms with Gasteiger partial charge in [-0.05, 0) is 47.5 Å². The van der Waals surface area contributed by atoms with E-state index in [0.29, 0.717) is 6.54 Å². The van der Waals surface area contributed by atoms with E-state index >= 15 is 0 Å². The van der Waals surface area contributed by atoms with Crippen LogP contribution in [0.25, 0.3) is 0 Å². The molecule has 0 spiro atoms. The first-order valence-electron chi connectivity index (χ1n) is 7.28. The van der Waals surface area contributed by atoms with Gasteiger partial charge >= 0.3 is 6.18 Å². The largest absolute Gasteiger partial charge is 0.484 e. The van der Waals surface area contributed by atoms with Crippen LogP contribution in [0, 0.1) is 5.82 Å². The van der Waals surface area contributed by atoms with Gasteiger partial charge in [-0.25, -0.2) is 4.39 Å². The van der Waals surface area contributed by atoms with Gasteiger partial charge in [0.15, 0.2) is 6.61 Å². The molecule has 1 aliphatic rings. The van der Waals surface area contributed by atoms with E-state index in [0.717, 1.165) is 16.8 Å². The highest BCUT2D eigenvalue weighted by Gasteiger charge is 2.28. The summed E-state index contributed by atoms with van der Waals surface area (Å²) >= 11 is 0. The van der Waals surface area contributed by atoms with Gasteiger partial charge < -0.3 is 10.2 Å². The molecule has 2 aromatic carbocycles. The summed E-state index contributed by atoms with van der Waals surface area (Å²) in [6.07, 6.45) is -4.37. The quantitative estimate of drug-likeness (QED) is 0.859. The number of nitrogens with zero attached hydrogens (tertiary/aromatic N) is 1. The van der Waals surface area contributed by atoms with E-state index in [4.69, 9.17) is 4.74 Å². The predicted molar refractivity (Wildman–Crippen MR) is 81.7 cm³/mol. The van der Waals surface area contributed by atoms with Gasteiger partial charge in [0.05, 0.1) is 5.71 Å². The number of benzene rings is 2. The molecule has 0 saturated carbocycles. The van der Waals surface area contributed by atoms with Gasteiger partial charge in [-0.1, -0.05) is 12.1 Å². The highest BCUT2D eigenvalue weighted by molar-refractivity contribution is 6.06. The summed E-state index contributed by atoms with van der Waals surface area (Å²) in [5.41, 5.74) is 5.35. The third-order valence-corrected chi connectivity index (χ3v) is 3.65. The number of ether oxygens (including phenoxy) is 1. The van der Waals surface area contributed by atoms with Crippen LogP contribution in [0.4, 0.5) is 17.6 Å². The normalized spacial score (nSPS) is 17.3. The molecule has 2 aromatic rings. The Morgan fingerprint density at radius 2 is 1.71 bits per heavy atom. The van der Waals surface area contributed by atoms with Crippen LogP contribution in [-0.2, 0) is 0 Å². The Kier molecular flexibility index (Phi) is 4.42. The molecule has 126 valence electrons. The van der Waals surface area contributed by atoms with Crippen molar-refractivity contribution in [3.63, 3.8) is 0 Å². The summed E-state index contributed by atoms with van der Waals surface area (Å²) in [6.45, 7) is -0.750. The van der Waals surface area contributed by atoms with E-state index in [1.807, 2.05) is 0 Å². The minimum absolute atomic E-state index is 0.0486. The summed E-state index contributed by atoms with van der Waals surface area (Å²) in [6, 6.07) is 12.4. The second kappa shape index (κ2) is 6.51. The Bertz CT molecular complexity index is 724. The zero-order valence-electron chi connectivity index (χ0n) is 12.5. The topological polar surface area (TPSA) is 33.6 Å². The Morgan fingerprint density at radius 1 is 1.04 bits per heavy atom. The lowest BCUT2D eigenvalue weighted by Gasteiger charge is -2.13. The first-order valence-corrected chi connectivity index (χ1v) is 7.28. The van der Waals surface area contributed by atoms with Crippen LogP contribution in [0.1, 0.15) is 17.0 Å². The molecule has 7 heteroatoms. The van der Waals surface area contributed by atoms with E-state index in [2.05, 4.69) is 10.5 Å². The SMILES string of the molecule is Fc1ccc(C2CNN=C2c2ccc(OCC(F)(F)F)cc2)cc1. The molecule has 0 aromatic heterocycles. The number of alkyl halides is 3. The monoisotopic (exact) mass is 338 g/mol. The van der Waals surface area contributed by atoms with E-state index in [1.165, 1.54) is 24.3 Å². The summed E-state index contributed by atoms with van der Waals surface area (Å²) in [7, 11) is 0. The molecule has 3 nitrogen and oxygen atoms in total. The molecule has 0 amide bonds. The molecule has 1 atom stereocenters. The minimum Gasteiger partial charge on any atom is -0.484 e. The number of halogens is 4. The summed E-state index contributed by atoms with van der Waals surface area (Å²) < 4.78 is 54.2. The highest BCUT2D eigenvalue weighted by Crippen LogP contribution is 2.26. The minimum atomic E-state index is -4.37. The van der Waals surface area contributed by atoms with Gasteiger partial charge in [0.2, 0.25) is 0 Å². The van der Waals surface area contributed by atoms with E-state index in [-0.39, 0.29) is 17.5 Å². The number of hydrazone groups is 1. The van der Waals surface area contributed by atoms with E-state index < -0.39 is 12.8 Å². The van der Waals surface area contributed by atoms with Crippen molar-refractivity contribution in [3.05, 3.63) is 65.5 Å². The van der Waals surface area contributed by atoms with E-state index in [9.17, 15) is 17.6 Å². The van der Waals surface area contributed by atoms with Gasteiger partial charge in [0.25, 0.3) is 0 Å². The van der Waals surface area contributed by atoms with E-state index in [1.54, 1.807) is 24.3 Å². The van der Waals surface area contributed by atoms with Gasteiger partial charge in [-0.2, -0.15) is 18.3 Å². The zero-order chi connectivity index (χ0) is 17.2. The van der Waals surface area contributed by atoms with Crippen molar-refractivity contribution in [2.24, 2.45) is 5.10 Å². The van der Waals surface area contributed by atoms with Crippen LogP contribution in [0.15, 0.2) is 53.6 Å². The van der Waals surface area contributed by atoms with Crippen molar-refractivity contribution < 1.29 is 22.3 Å². The number of rotatable bonds is 4. The molecule has 0 bridgehead atoms. The molecule has 0 aliphatic carbocycles. The maximum atomic E-state index is 13.1. The highest BCUT2D eigenvalue weighted by atomic mass is 19.4. The maximum Gasteiger partial charge on any atom is 0.422 e. The lowest BCUT2D eigenvalue weighted by molar-refractivity contribution is -0.153. The molecular formula is C17H14F4N2O. The first kappa shape index (κ1) is 16.3. The third-order valence-electron chi connectivity index (χ3n) is 3.65. The van der Waals surface area contributed by atoms with Crippen molar-refractivity contribution in [2.45, 2.75) is 12.1 Å². The second-order valence-electron chi connectivity index (χ2n) is 5.39. The van der Waals surface area contributed by atoms with Crippen LogP contribution in [0.2, 0.25) is 0 Å². The zero-order valence-corrected chi connectivity index (χ0v) is 12.5. The number of hydrogen-bond acceptors (Lipinski definition) is 3.